The van der Waals surface area contributed by atoms with Crippen molar-refractivity contribution < 1.29 is 4.39 Å². The van der Waals surface area contributed by atoms with Crippen LogP contribution in [0, 0.1) is 0 Å². The van der Waals surface area contributed by atoms with Gasteiger partial charge in [-0.3, -0.25) is 0 Å². The van der Waals surface area contributed by atoms with Gasteiger partial charge < -0.3 is 0 Å². The predicted molar refractivity (Wildman–Crippen MR) is 60.9 cm³/mol. The molecule has 0 saturated carbocycles. The van der Waals surface area contributed by atoms with Crippen molar-refractivity contribution in [3.05, 3.63) is 34.9 Å². The van der Waals surface area contributed by atoms with E-state index in [2.05, 4.69) is 0 Å². The average Bonchev–Trinajstić information content (AvgIpc) is 2.57. The van der Waals surface area contributed by atoms with Crippen LogP contribution in [-0.2, 0) is 6.42 Å². The van der Waals surface area contributed by atoms with Crippen molar-refractivity contribution in [3.63, 3.8) is 0 Å². The summed E-state index contributed by atoms with van der Waals surface area (Å²) >= 11 is 7.47. The molecule has 1 unspecified atom stereocenters. The first-order valence-electron chi connectivity index (χ1n) is 4.69. The Morgan fingerprint density at radius 1 is 1.36 bits per heavy atom. The molecule has 0 N–H and O–H groups in total. The highest BCUT2D eigenvalue weighted by atomic mass is 35.5. The van der Waals surface area contributed by atoms with Crippen LogP contribution in [-0.4, -0.2) is 17.2 Å². The molecule has 1 aromatic carbocycles. The molecular formula is C11H12ClFS. The normalized spacial score (nSPS) is 26.7. The van der Waals surface area contributed by atoms with Crippen LogP contribution in [0.2, 0.25) is 5.02 Å². The van der Waals surface area contributed by atoms with E-state index in [1.807, 2.05) is 24.3 Å². The zero-order valence-corrected chi connectivity index (χ0v) is 9.37. The van der Waals surface area contributed by atoms with E-state index in [0.29, 0.717) is 23.6 Å². The first-order valence-corrected chi connectivity index (χ1v) is 6.22. The molecule has 1 aliphatic rings. The Kier molecular flexibility index (Phi) is 3.03. The molecule has 76 valence electrons. The van der Waals surface area contributed by atoms with Crippen molar-refractivity contribution >= 4 is 23.4 Å². The Balaban J connectivity index is 2.06. The van der Waals surface area contributed by atoms with Crippen LogP contribution in [0.1, 0.15) is 12.0 Å². The van der Waals surface area contributed by atoms with Crippen LogP contribution in [0.5, 0.6) is 0 Å². The zero-order valence-electron chi connectivity index (χ0n) is 7.80. The maximum Gasteiger partial charge on any atom is 0.124 e. The smallest absolute Gasteiger partial charge is 0.124 e. The maximum absolute atomic E-state index is 14.0. The van der Waals surface area contributed by atoms with E-state index < -0.39 is 5.67 Å². The first-order chi connectivity index (χ1) is 6.68. The summed E-state index contributed by atoms with van der Waals surface area (Å²) in [5.74, 6) is 1.58. The van der Waals surface area contributed by atoms with E-state index in [1.165, 1.54) is 0 Å². The van der Waals surface area contributed by atoms with Crippen LogP contribution < -0.4 is 0 Å². The highest BCUT2D eigenvalue weighted by molar-refractivity contribution is 7.99. The van der Waals surface area contributed by atoms with Gasteiger partial charge in [0.2, 0.25) is 0 Å². The quantitative estimate of drug-likeness (QED) is 0.746. The molecule has 0 radical (unpaired) electrons. The average molecular weight is 231 g/mol. The van der Waals surface area contributed by atoms with Gasteiger partial charge in [-0.25, -0.2) is 4.39 Å². The number of hydrogen-bond acceptors (Lipinski definition) is 1. The van der Waals surface area contributed by atoms with Gasteiger partial charge >= 0.3 is 0 Å². The van der Waals surface area contributed by atoms with Crippen molar-refractivity contribution in [1.29, 1.82) is 0 Å². The third kappa shape index (κ3) is 2.43. The summed E-state index contributed by atoms with van der Waals surface area (Å²) in [7, 11) is 0. The number of benzene rings is 1. The molecule has 1 aromatic rings. The SMILES string of the molecule is FC1(Cc2ccc(Cl)cc2)CCSC1. The molecule has 0 spiro atoms. The van der Waals surface area contributed by atoms with E-state index in [0.717, 1.165) is 11.3 Å². The van der Waals surface area contributed by atoms with Crippen LogP contribution in [0.4, 0.5) is 4.39 Å². The van der Waals surface area contributed by atoms with Crippen LogP contribution >= 0.6 is 23.4 Å². The molecule has 2 rings (SSSR count). The van der Waals surface area contributed by atoms with Crippen molar-refractivity contribution in [2.45, 2.75) is 18.5 Å². The molecule has 14 heavy (non-hydrogen) atoms. The van der Waals surface area contributed by atoms with Crippen molar-refractivity contribution in [3.8, 4) is 0 Å². The standard InChI is InChI=1S/C11H12ClFS/c12-10-3-1-9(2-4-10)7-11(13)5-6-14-8-11/h1-4H,5-8H2. The summed E-state index contributed by atoms with van der Waals surface area (Å²) in [4.78, 5) is 0. The first kappa shape index (κ1) is 10.3. The Bertz CT molecular complexity index is 304. The number of rotatable bonds is 2. The van der Waals surface area contributed by atoms with E-state index in [1.54, 1.807) is 11.8 Å². The van der Waals surface area contributed by atoms with Crippen molar-refractivity contribution in [2.75, 3.05) is 11.5 Å². The molecule has 1 atom stereocenters. The highest BCUT2D eigenvalue weighted by Crippen LogP contribution is 2.34. The Morgan fingerprint density at radius 3 is 2.64 bits per heavy atom. The van der Waals surface area contributed by atoms with Gasteiger partial charge in [-0.2, -0.15) is 11.8 Å². The summed E-state index contributed by atoms with van der Waals surface area (Å²) in [6.45, 7) is 0. The van der Waals surface area contributed by atoms with E-state index in [-0.39, 0.29) is 0 Å². The Morgan fingerprint density at radius 2 is 2.07 bits per heavy atom. The van der Waals surface area contributed by atoms with Gasteiger partial charge in [0.05, 0.1) is 0 Å². The molecule has 0 amide bonds. The van der Waals surface area contributed by atoms with E-state index in [4.69, 9.17) is 11.6 Å². The van der Waals surface area contributed by atoms with Crippen molar-refractivity contribution in [1.82, 2.24) is 0 Å². The second-order valence-corrected chi connectivity index (χ2v) is 5.30. The second kappa shape index (κ2) is 4.11. The summed E-state index contributed by atoms with van der Waals surface area (Å²) in [6.07, 6.45) is 1.21. The fourth-order valence-electron chi connectivity index (χ4n) is 1.69. The lowest BCUT2D eigenvalue weighted by atomic mass is 9.96. The molecule has 1 aliphatic heterocycles. The second-order valence-electron chi connectivity index (χ2n) is 3.76. The third-order valence-electron chi connectivity index (χ3n) is 2.49. The van der Waals surface area contributed by atoms with Crippen LogP contribution in [0.3, 0.4) is 0 Å². The number of alkyl halides is 1. The maximum atomic E-state index is 14.0. The van der Waals surface area contributed by atoms with Gasteiger partial charge in [0.15, 0.2) is 0 Å². The molecule has 0 bridgehead atoms. The molecular weight excluding hydrogens is 219 g/mol. The molecule has 0 nitrogen and oxygen atoms in total. The fourth-order valence-corrected chi connectivity index (χ4v) is 3.08. The molecule has 0 aliphatic carbocycles. The highest BCUT2D eigenvalue weighted by Gasteiger charge is 2.34. The van der Waals surface area contributed by atoms with Gasteiger partial charge in [0.1, 0.15) is 5.67 Å². The van der Waals surface area contributed by atoms with Gasteiger partial charge in [0, 0.05) is 17.2 Å². The van der Waals surface area contributed by atoms with Gasteiger partial charge in [-0.15, -0.1) is 0 Å². The largest absolute Gasteiger partial charge is 0.243 e. The minimum Gasteiger partial charge on any atom is -0.243 e. The van der Waals surface area contributed by atoms with Crippen molar-refractivity contribution in [2.24, 2.45) is 0 Å². The zero-order chi connectivity index (χ0) is 10.0. The fraction of sp³-hybridized carbons (Fsp3) is 0.455. The van der Waals surface area contributed by atoms with Gasteiger partial charge in [-0.05, 0) is 29.9 Å². The summed E-state index contributed by atoms with van der Waals surface area (Å²) in [5.41, 5.74) is 0.0535. The molecule has 1 saturated heterocycles. The Hall–Kier alpha value is -0.210. The summed E-state index contributed by atoms with van der Waals surface area (Å²) < 4.78 is 14.0. The van der Waals surface area contributed by atoms with Gasteiger partial charge in [-0.1, -0.05) is 23.7 Å². The lowest BCUT2D eigenvalue weighted by Gasteiger charge is -2.17. The number of hydrogen-bond donors (Lipinski definition) is 0. The minimum atomic E-state index is -0.988. The van der Waals surface area contributed by atoms with E-state index >= 15 is 0 Å². The lowest BCUT2D eigenvalue weighted by molar-refractivity contribution is 0.199. The molecule has 0 aromatic heterocycles. The minimum absolute atomic E-state index is 0.525. The predicted octanol–water partition coefficient (Wildman–Crippen LogP) is 3.73. The third-order valence-corrected chi connectivity index (χ3v) is 3.96. The topological polar surface area (TPSA) is 0 Å². The van der Waals surface area contributed by atoms with Gasteiger partial charge in [0.25, 0.3) is 0 Å². The monoisotopic (exact) mass is 230 g/mol. The lowest BCUT2D eigenvalue weighted by Crippen LogP contribution is -2.24. The van der Waals surface area contributed by atoms with E-state index in [9.17, 15) is 4.39 Å². The summed E-state index contributed by atoms with van der Waals surface area (Å²) in [5, 5.41) is 0.711. The number of halogens is 2. The molecule has 3 heteroatoms. The molecule has 1 heterocycles. The molecule has 1 fully saturated rings. The Labute approximate surface area is 92.8 Å². The summed E-state index contributed by atoms with van der Waals surface area (Å²) in [6, 6.07) is 7.46. The number of thioether (sulfide) groups is 1. The van der Waals surface area contributed by atoms with Crippen LogP contribution in [0.25, 0.3) is 0 Å². The van der Waals surface area contributed by atoms with Crippen LogP contribution in [0.15, 0.2) is 24.3 Å².